The number of rotatable bonds is 3. The Morgan fingerprint density at radius 2 is 2.16 bits per heavy atom. The van der Waals surface area contributed by atoms with Crippen LogP contribution < -0.4 is 0 Å². The lowest BCUT2D eigenvalue weighted by molar-refractivity contribution is -0.145. The summed E-state index contributed by atoms with van der Waals surface area (Å²) >= 11 is 6.14. The number of carbonyl (C=O) groups is 2. The van der Waals surface area contributed by atoms with Crippen LogP contribution in [0.4, 0.5) is 0 Å². The number of likely N-dealkylation sites (tertiary alicyclic amines) is 1. The van der Waals surface area contributed by atoms with Crippen molar-refractivity contribution in [3.05, 3.63) is 34.9 Å². The van der Waals surface area contributed by atoms with Crippen LogP contribution in [0.1, 0.15) is 24.9 Å². The molecule has 1 aliphatic heterocycles. The normalized spacial score (nSPS) is 20.5. The second kappa shape index (κ2) is 5.61. The number of nitrogens with zero attached hydrogens (tertiary/aromatic N) is 1. The van der Waals surface area contributed by atoms with Crippen molar-refractivity contribution in [2.24, 2.45) is 5.92 Å². The van der Waals surface area contributed by atoms with Gasteiger partial charge in [0.2, 0.25) is 5.91 Å². The van der Waals surface area contributed by atoms with E-state index in [0.29, 0.717) is 11.6 Å². The van der Waals surface area contributed by atoms with Crippen LogP contribution in [-0.2, 0) is 14.3 Å². The summed E-state index contributed by atoms with van der Waals surface area (Å²) in [7, 11) is 1.34. The monoisotopic (exact) mass is 281 g/mol. The number of benzene rings is 1. The molecule has 1 amide bonds. The average Bonchev–Trinajstić information content (AvgIpc) is 2.80. The average molecular weight is 282 g/mol. The van der Waals surface area contributed by atoms with Crippen LogP contribution in [0.25, 0.3) is 0 Å². The van der Waals surface area contributed by atoms with Gasteiger partial charge in [-0.15, -0.1) is 0 Å². The Balaban J connectivity index is 2.17. The molecule has 0 saturated carbocycles. The Bertz CT molecular complexity index is 503. The molecule has 2 unspecified atom stereocenters. The standard InChI is InChI=1S/C14H16ClNO3/c1-9(11-5-3-4-6-12(11)15)16-8-10(7-13(16)17)14(18)19-2/h3-6,9-10H,7-8H2,1-2H3. The molecule has 5 heteroatoms. The third-order valence-electron chi connectivity index (χ3n) is 3.52. The molecule has 1 fully saturated rings. The van der Waals surface area contributed by atoms with E-state index >= 15 is 0 Å². The van der Waals surface area contributed by atoms with Crippen molar-refractivity contribution in [3.8, 4) is 0 Å². The summed E-state index contributed by atoms with van der Waals surface area (Å²) in [6.45, 7) is 2.30. The second-order valence-corrected chi connectivity index (χ2v) is 5.07. The Labute approximate surface area is 117 Å². The van der Waals surface area contributed by atoms with E-state index in [-0.39, 0.29) is 30.3 Å². The maximum Gasteiger partial charge on any atom is 0.310 e. The minimum absolute atomic E-state index is 0.0391. The fourth-order valence-electron chi connectivity index (χ4n) is 2.41. The molecule has 4 nitrogen and oxygen atoms in total. The summed E-state index contributed by atoms with van der Waals surface area (Å²) in [4.78, 5) is 25.2. The van der Waals surface area contributed by atoms with Crippen molar-refractivity contribution in [3.63, 3.8) is 0 Å². The highest BCUT2D eigenvalue weighted by Crippen LogP contribution is 2.32. The number of methoxy groups -OCH3 is 1. The topological polar surface area (TPSA) is 46.6 Å². The number of carbonyl (C=O) groups excluding carboxylic acids is 2. The van der Waals surface area contributed by atoms with Crippen molar-refractivity contribution in [1.82, 2.24) is 4.90 Å². The van der Waals surface area contributed by atoms with Gasteiger partial charge in [0.05, 0.1) is 19.1 Å². The Morgan fingerprint density at radius 1 is 1.47 bits per heavy atom. The van der Waals surface area contributed by atoms with Crippen molar-refractivity contribution >= 4 is 23.5 Å². The minimum Gasteiger partial charge on any atom is -0.469 e. The fraction of sp³-hybridized carbons (Fsp3) is 0.429. The summed E-state index contributed by atoms with van der Waals surface area (Å²) in [5.41, 5.74) is 0.892. The fourth-order valence-corrected chi connectivity index (χ4v) is 2.71. The van der Waals surface area contributed by atoms with Crippen LogP contribution in [0.2, 0.25) is 5.02 Å². The molecule has 1 aliphatic rings. The first-order valence-corrected chi connectivity index (χ1v) is 6.54. The highest BCUT2D eigenvalue weighted by Gasteiger charge is 2.37. The van der Waals surface area contributed by atoms with Crippen molar-refractivity contribution in [2.45, 2.75) is 19.4 Å². The van der Waals surface area contributed by atoms with Crippen LogP contribution in [0.5, 0.6) is 0 Å². The first-order valence-electron chi connectivity index (χ1n) is 6.16. The van der Waals surface area contributed by atoms with E-state index in [2.05, 4.69) is 0 Å². The van der Waals surface area contributed by atoms with Crippen molar-refractivity contribution < 1.29 is 14.3 Å². The van der Waals surface area contributed by atoms with E-state index in [0.717, 1.165) is 5.56 Å². The van der Waals surface area contributed by atoms with E-state index in [4.69, 9.17) is 16.3 Å². The molecule has 102 valence electrons. The summed E-state index contributed by atoms with van der Waals surface area (Å²) in [6, 6.07) is 7.28. The van der Waals surface area contributed by atoms with Gasteiger partial charge < -0.3 is 9.64 Å². The van der Waals surface area contributed by atoms with Gasteiger partial charge >= 0.3 is 5.97 Å². The van der Waals surface area contributed by atoms with E-state index in [1.807, 2.05) is 25.1 Å². The Hall–Kier alpha value is -1.55. The van der Waals surface area contributed by atoms with Gasteiger partial charge in [0, 0.05) is 18.0 Å². The zero-order chi connectivity index (χ0) is 14.0. The molecule has 2 rings (SSSR count). The number of hydrogen-bond donors (Lipinski definition) is 0. The van der Waals surface area contributed by atoms with Crippen LogP contribution in [-0.4, -0.2) is 30.4 Å². The molecular formula is C14H16ClNO3. The molecule has 0 aliphatic carbocycles. The highest BCUT2D eigenvalue weighted by atomic mass is 35.5. The molecule has 0 bridgehead atoms. The molecule has 0 aromatic heterocycles. The lowest BCUT2D eigenvalue weighted by atomic mass is 10.1. The van der Waals surface area contributed by atoms with Gasteiger partial charge in [-0.1, -0.05) is 29.8 Å². The first kappa shape index (κ1) is 13.9. The number of hydrogen-bond acceptors (Lipinski definition) is 3. The third kappa shape index (κ3) is 2.73. The van der Waals surface area contributed by atoms with Gasteiger partial charge in [0.1, 0.15) is 0 Å². The molecule has 1 aromatic carbocycles. The molecule has 0 N–H and O–H groups in total. The molecule has 1 heterocycles. The number of halogens is 1. The second-order valence-electron chi connectivity index (χ2n) is 4.67. The van der Waals surface area contributed by atoms with Gasteiger partial charge in [-0.25, -0.2) is 0 Å². The minimum atomic E-state index is -0.373. The maximum absolute atomic E-state index is 12.0. The van der Waals surface area contributed by atoms with Crippen LogP contribution in [0.3, 0.4) is 0 Å². The third-order valence-corrected chi connectivity index (χ3v) is 3.86. The summed E-state index contributed by atoms with van der Waals surface area (Å²) in [5, 5.41) is 0.629. The zero-order valence-corrected chi connectivity index (χ0v) is 11.7. The Morgan fingerprint density at radius 3 is 2.79 bits per heavy atom. The quantitative estimate of drug-likeness (QED) is 0.800. The predicted molar refractivity (Wildman–Crippen MR) is 71.7 cm³/mol. The van der Waals surface area contributed by atoms with Crippen LogP contribution >= 0.6 is 11.6 Å². The van der Waals surface area contributed by atoms with E-state index in [1.165, 1.54) is 7.11 Å². The van der Waals surface area contributed by atoms with Gasteiger partial charge in [0.15, 0.2) is 0 Å². The van der Waals surface area contributed by atoms with E-state index in [1.54, 1.807) is 11.0 Å². The van der Waals surface area contributed by atoms with Crippen LogP contribution in [0.15, 0.2) is 24.3 Å². The van der Waals surface area contributed by atoms with Gasteiger partial charge in [-0.05, 0) is 18.6 Å². The van der Waals surface area contributed by atoms with Crippen molar-refractivity contribution in [2.75, 3.05) is 13.7 Å². The predicted octanol–water partition coefficient (Wildman–Crippen LogP) is 2.42. The van der Waals surface area contributed by atoms with E-state index in [9.17, 15) is 9.59 Å². The van der Waals surface area contributed by atoms with E-state index < -0.39 is 0 Å². The molecule has 0 spiro atoms. The summed E-state index contributed by atoms with van der Waals surface area (Å²) < 4.78 is 4.70. The lowest BCUT2D eigenvalue weighted by Gasteiger charge is -2.25. The summed E-state index contributed by atoms with van der Waals surface area (Å²) in [5.74, 6) is -0.743. The Kier molecular flexibility index (Phi) is 4.10. The number of esters is 1. The van der Waals surface area contributed by atoms with Gasteiger partial charge in [-0.3, -0.25) is 9.59 Å². The van der Waals surface area contributed by atoms with Crippen LogP contribution in [0, 0.1) is 5.92 Å². The molecule has 1 saturated heterocycles. The molecule has 1 aromatic rings. The largest absolute Gasteiger partial charge is 0.469 e. The zero-order valence-electron chi connectivity index (χ0n) is 10.9. The highest BCUT2D eigenvalue weighted by molar-refractivity contribution is 6.31. The lowest BCUT2D eigenvalue weighted by Crippen LogP contribution is -2.29. The van der Waals surface area contributed by atoms with Gasteiger partial charge in [-0.2, -0.15) is 0 Å². The molecule has 0 radical (unpaired) electrons. The molecular weight excluding hydrogens is 266 g/mol. The molecule has 2 atom stereocenters. The number of amides is 1. The molecule has 19 heavy (non-hydrogen) atoms. The van der Waals surface area contributed by atoms with Gasteiger partial charge in [0.25, 0.3) is 0 Å². The summed E-state index contributed by atoms with van der Waals surface area (Å²) in [6.07, 6.45) is 0.210. The first-order chi connectivity index (χ1) is 9.04. The SMILES string of the molecule is COC(=O)C1CC(=O)N(C(C)c2ccccc2Cl)C1. The number of ether oxygens (including phenoxy) is 1. The smallest absolute Gasteiger partial charge is 0.310 e. The van der Waals surface area contributed by atoms with Crippen molar-refractivity contribution in [1.29, 1.82) is 0 Å². The maximum atomic E-state index is 12.0.